The minimum atomic E-state index is -1.32. The second-order valence-corrected chi connectivity index (χ2v) is 7.04. The summed E-state index contributed by atoms with van der Waals surface area (Å²) in [7, 11) is -1.32. The number of carbonyl (C=O) groups excluding carboxylic acids is 1. The van der Waals surface area contributed by atoms with Gasteiger partial charge in [-0.2, -0.15) is 0 Å². The zero-order valence-corrected chi connectivity index (χ0v) is 14.4. The smallest absolute Gasteiger partial charge is 0.232 e. The molecule has 4 heteroatoms. The molecule has 0 aliphatic rings. The van der Waals surface area contributed by atoms with Gasteiger partial charge in [-0.25, -0.2) is 0 Å². The van der Waals surface area contributed by atoms with Gasteiger partial charge in [-0.3, -0.25) is 9.00 Å². The van der Waals surface area contributed by atoms with Crippen molar-refractivity contribution < 1.29 is 9.00 Å². The first-order chi connectivity index (χ1) is 11.1. The van der Waals surface area contributed by atoms with E-state index in [4.69, 9.17) is 0 Å². The maximum Gasteiger partial charge on any atom is 0.232 e. The first kappa shape index (κ1) is 17.4. The SMILES string of the molecule is CCCNC(=O)C[S@@](=O)[C@H](c1ccccc1)c1ccccc1C. The Morgan fingerprint density at radius 1 is 1.09 bits per heavy atom. The van der Waals surface area contributed by atoms with Crippen LogP contribution in [0, 0.1) is 6.92 Å². The Bertz CT molecular complexity index is 670. The van der Waals surface area contributed by atoms with Crippen molar-refractivity contribution >= 4 is 16.7 Å². The van der Waals surface area contributed by atoms with Crippen LogP contribution in [0.1, 0.15) is 35.3 Å². The van der Waals surface area contributed by atoms with Gasteiger partial charge in [-0.15, -0.1) is 0 Å². The van der Waals surface area contributed by atoms with Gasteiger partial charge < -0.3 is 5.32 Å². The highest BCUT2D eigenvalue weighted by atomic mass is 32.2. The maximum absolute atomic E-state index is 12.9. The lowest BCUT2D eigenvalue weighted by Crippen LogP contribution is -2.30. The molecule has 0 bridgehead atoms. The second kappa shape index (κ2) is 8.63. The van der Waals surface area contributed by atoms with Crippen LogP contribution in [0.2, 0.25) is 0 Å². The first-order valence-corrected chi connectivity index (χ1v) is 9.26. The Morgan fingerprint density at radius 3 is 2.39 bits per heavy atom. The third-order valence-corrected chi connectivity index (χ3v) is 5.28. The van der Waals surface area contributed by atoms with Crippen molar-refractivity contribution in [1.29, 1.82) is 0 Å². The van der Waals surface area contributed by atoms with Crippen LogP contribution in [0.4, 0.5) is 0 Å². The molecule has 2 rings (SSSR count). The Hall–Kier alpha value is -1.94. The van der Waals surface area contributed by atoms with Gasteiger partial charge in [0.05, 0.1) is 5.25 Å². The van der Waals surface area contributed by atoms with E-state index >= 15 is 0 Å². The summed E-state index contributed by atoms with van der Waals surface area (Å²) < 4.78 is 12.9. The Morgan fingerprint density at radius 2 is 1.74 bits per heavy atom. The van der Waals surface area contributed by atoms with Crippen molar-refractivity contribution in [1.82, 2.24) is 5.32 Å². The molecular formula is C19H23NO2S. The quantitative estimate of drug-likeness (QED) is 0.846. The molecule has 2 aromatic carbocycles. The molecule has 23 heavy (non-hydrogen) atoms. The minimum absolute atomic E-state index is 0.0217. The molecule has 0 heterocycles. The molecule has 2 aromatic rings. The van der Waals surface area contributed by atoms with Gasteiger partial charge >= 0.3 is 0 Å². The topological polar surface area (TPSA) is 46.2 Å². The van der Waals surface area contributed by atoms with E-state index in [1.54, 1.807) is 0 Å². The summed E-state index contributed by atoms with van der Waals surface area (Å²) in [6.45, 7) is 4.63. The molecule has 0 saturated heterocycles. The van der Waals surface area contributed by atoms with Crippen molar-refractivity contribution in [2.75, 3.05) is 12.3 Å². The predicted molar refractivity (Wildman–Crippen MR) is 95.8 cm³/mol. The molecule has 0 aliphatic carbocycles. The summed E-state index contributed by atoms with van der Waals surface area (Å²) in [5, 5.41) is 2.52. The number of hydrogen-bond acceptors (Lipinski definition) is 2. The van der Waals surface area contributed by atoms with Gasteiger partial charge in [-0.1, -0.05) is 61.5 Å². The third-order valence-electron chi connectivity index (χ3n) is 3.68. The summed E-state index contributed by atoms with van der Waals surface area (Å²) in [6, 6.07) is 17.7. The zero-order chi connectivity index (χ0) is 16.7. The molecule has 0 spiro atoms. The minimum Gasteiger partial charge on any atom is -0.355 e. The maximum atomic E-state index is 12.9. The van der Waals surface area contributed by atoms with Gasteiger partial charge in [0.25, 0.3) is 0 Å². The van der Waals surface area contributed by atoms with Crippen molar-refractivity contribution in [3.8, 4) is 0 Å². The van der Waals surface area contributed by atoms with Crippen molar-refractivity contribution in [3.05, 3.63) is 71.3 Å². The lowest BCUT2D eigenvalue weighted by Gasteiger charge is -2.19. The normalized spacial score (nSPS) is 13.3. The van der Waals surface area contributed by atoms with Crippen molar-refractivity contribution in [2.45, 2.75) is 25.5 Å². The van der Waals surface area contributed by atoms with Crippen molar-refractivity contribution in [3.63, 3.8) is 0 Å². The van der Waals surface area contributed by atoms with E-state index in [0.29, 0.717) is 6.54 Å². The summed E-state index contributed by atoms with van der Waals surface area (Å²) in [5.74, 6) is -0.131. The van der Waals surface area contributed by atoms with E-state index in [2.05, 4.69) is 5.32 Å². The molecule has 0 unspecified atom stereocenters. The van der Waals surface area contributed by atoms with E-state index in [-0.39, 0.29) is 16.9 Å². The second-order valence-electron chi connectivity index (χ2n) is 5.52. The van der Waals surface area contributed by atoms with Gasteiger partial charge in [-0.05, 0) is 30.0 Å². The number of rotatable bonds is 7. The summed E-state index contributed by atoms with van der Waals surface area (Å²) in [6.07, 6.45) is 0.873. The van der Waals surface area contributed by atoms with E-state index in [1.165, 1.54) is 0 Å². The highest BCUT2D eigenvalue weighted by molar-refractivity contribution is 7.86. The number of benzene rings is 2. The van der Waals surface area contributed by atoms with E-state index in [0.717, 1.165) is 23.1 Å². The standard InChI is InChI=1S/C19H23NO2S/c1-3-13-20-18(21)14-23(22)19(16-10-5-4-6-11-16)17-12-8-7-9-15(17)2/h4-12,19H,3,13-14H2,1-2H3,(H,20,21)/t19-,23-/m1/s1. The molecule has 0 fully saturated rings. The zero-order valence-electron chi connectivity index (χ0n) is 13.6. The molecule has 2 atom stereocenters. The average molecular weight is 329 g/mol. The summed E-state index contributed by atoms with van der Waals surface area (Å²) >= 11 is 0. The molecule has 0 saturated carbocycles. The number of amides is 1. The third kappa shape index (κ3) is 4.76. The molecule has 1 amide bonds. The van der Waals surface area contributed by atoms with E-state index in [1.807, 2.05) is 68.4 Å². The van der Waals surface area contributed by atoms with Gasteiger partial charge in [0.2, 0.25) is 5.91 Å². The van der Waals surface area contributed by atoms with Crippen LogP contribution in [0.5, 0.6) is 0 Å². The van der Waals surface area contributed by atoms with Crippen LogP contribution < -0.4 is 5.32 Å². The monoisotopic (exact) mass is 329 g/mol. The van der Waals surface area contributed by atoms with Gasteiger partial charge in [0, 0.05) is 17.3 Å². The van der Waals surface area contributed by atoms with Crippen LogP contribution in [0.25, 0.3) is 0 Å². The lowest BCUT2D eigenvalue weighted by atomic mass is 10.0. The van der Waals surface area contributed by atoms with Crippen LogP contribution in [-0.2, 0) is 15.6 Å². The number of aryl methyl sites for hydroxylation is 1. The Balaban J connectivity index is 2.30. The molecule has 0 aliphatic heterocycles. The van der Waals surface area contributed by atoms with Crippen LogP contribution >= 0.6 is 0 Å². The Labute approximate surface area is 140 Å². The fourth-order valence-corrected chi connectivity index (χ4v) is 4.05. The molecule has 3 nitrogen and oxygen atoms in total. The highest BCUT2D eigenvalue weighted by Crippen LogP contribution is 2.30. The van der Waals surface area contributed by atoms with E-state index in [9.17, 15) is 9.00 Å². The molecule has 122 valence electrons. The largest absolute Gasteiger partial charge is 0.355 e. The molecule has 0 aromatic heterocycles. The van der Waals surface area contributed by atoms with Crippen LogP contribution in [-0.4, -0.2) is 22.4 Å². The van der Waals surface area contributed by atoms with Crippen LogP contribution in [0.15, 0.2) is 54.6 Å². The number of carbonyl (C=O) groups is 1. The lowest BCUT2D eigenvalue weighted by molar-refractivity contribution is -0.118. The Kier molecular flexibility index (Phi) is 6.53. The van der Waals surface area contributed by atoms with Gasteiger partial charge in [0.15, 0.2) is 0 Å². The fraction of sp³-hybridized carbons (Fsp3) is 0.316. The molecular weight excluding hydrogens is 306 g/mol. The first-order valence-electron chi connectivity index (χ1n) is 7.87. The number of nitrogens with one attached hydrogen (secondary N) is 1. The van der Waals surface area contributed by atoms with Gasteiger partial charge in [0.1, 0.15) is 5.75 Å². The van der Waals surface area contributed by atoms with Crippen LogP contribution in [0.3, 0.4) is 0 Å². The molecule has 0 radical (unpaired) electrons. The average Bonchev–Trinajstić information content (AvgIpc) is 2.56. The summed E-state index contributed by atoms with van der Waals surface area (Å²) in [5.41, 5.74) is 3.08. The predicted octanol–water partition coefficient (Wildman–Crippen LogP) is 3.36. The number of hydrogen-bond donors (Lipinski definition) is 1. The molecule has 1 N–H and O–H groups in total. The summed E-state index contributed by atoms with van der Waals surface area (Å²) in [4.78, 5) is 12.0. The fourth-order valence-electron chi connectivity index (χ4n) is 2.51. The highest BCUT2D eigenvalue weighted by Gasteiger charge is 2.24. The van der Waals surface area contributed by atoms with Crippen molar-refractivity contribution in [2.24, 2.45) is 0 Å². The van der Waals surface area contributed by atoms with E-state index < -0.39 is 10.8 Å².